The first-order valence-electron chi connectivity index (χ1n) is 5.29. The average molecular weight is 217 g/mol. The molecule has 4 heteroatoms. The molecule has 0 saturated carbocycles. The minimum Gasteiger partial charge on any atom is -0.494 e. The van der Waals surface area contributed by atoms with Crippen LogP contribution >= 0.6 is 0 Å². The normalized spacial score (nSPS) is 10.1. The Bertz CT molecular complexity index is 465. The number of nitrogens with one attached hydrogen (secondary N) is 2. The second-order valence-corrected chi connectivity index (χ2v) is 3.50. The fourth-order valence-electron chi connectivity index (χ4n) is 1.44. The van der Waals surface area contributed by atoms with E-state index in [1.807, 2.05) is 38.1 Å². The fraction of sp³-hybridized carbons (Fsp3) is 0.250. The molecule has 0 atom stereocenters. The summed E-state index contributed by atoms with van der Waals surface area (Å²) in [5, 5.41) is 3.18. The van der Waals surface area contributed by atoms with Crippen molar-refractivity contribution in [3.05, 3.63) is 36.2 Å². The van der Waals surface area contributed by atoms with E-state index in [0.29, 0.717) is 6.61 Å². The van der Waals surface area contributed by atoms with Crippen molar-refractivity contribution in [2.45, 2.75) is 13.8 Å². The van der Waals surface area contributed by atoms with E-state index < -0.39 is 0 Å². The third-order valence-corrected chi connectivity index (χ3v) is 2.11. The second kappa shape index (κ2) is 4.70. The van der Waals surface area contributed by atoms with Gasteiger partial charge in [0, 0.05) is 23.6 Å². The van der Waals surface area contributed by atoms with Crippen LogP contribution in [-0.4, -0.2) is 16.6 Å². The van der Waals surface area contributed by atoms with Gasteiger partial charge in [-0.3, -0.25) is 0 Å². The molecule has 0 spiro atoms. The third kappa shape index (κ3) is 2.53. The van der Waals surface area contributed by atoms with Gasteiger partial charge in [-0.05, 0) is 26.0 Å². The van der Waals surface area contributed by atoms with Crippen LogP contribution in [0.25, 0.3) is 0 Å². The zero-order chi connectivity index (χ0) is 11.4. The molecule has 0 bridgehead atoms. The number of ether oxygens (including phenoxy) is 1. The average Bonchev–Trinajstić information content (AvgIpc) is 2.65. The molecule has 0 aliphatic heterocycles. The highest BCUT2D eigenvalue weighted by molar-refractivity contribution is 5.55. The van der Waals surface area contributed by atoms with Gasteiger partial charge in [0.25, 0.3) is 0 Å². The Morgan fingerprint density at radius 3 is 3.00 bits per heavy atom. The molecule has 16 heavy (non-hydrogen) atoms. The van der Waals surface area contributed by atoms with Crippen LogP contribution in [0, 0.1) is 6.92 Å². The first-order chi connectivity index (χ1) is 7.78. The first-order valence-corrected chi connectivity index (χ1v) is 5.29. The van der Waals surface area contributed by atoms with Crippen LogP contribution in [0.5, 0.6) is 5.75 Å². The van der Waals surface area contributed by atoms with Crippen molar-refractivity contribution in [3.8, 4) is 5.75 Å². The second-order valence-electron chi connectivity index (χ2n) is 3.50. The number of nitrogens with zero attached hydrogens (tertiary/aromatic N) is 1. The lowest BCUT2D eigenvalue weighted by atomic mass is 10.3. The molecule has 0 aliphatic carbocycles. The highest BCUT2D eigenvalue weighted by Gasteiger charge is 1.99. The molecule has 2 aromatic rings. The van der Waals surface area contributed by atoms with Crippen LogP contribution in [0.3, 0.4) is 0 Å². The molecule has 0 aliphatic rings. The predicted octanol–water partition coefficient (Wildman–Crippen LogP) is 2.86. The molecule has 0 radical (unpaired) electrons. The van der Waals surface area contributed by atoms with Crippen molar-refractivity contribution >= 4 is 11.6 Å². The highest BCUT2D eigenvalue weighted by atomic mass is 16.5. The Morgan fingerprint density at radius 1 is 1.44 bits per heavy atom. The molecule has 2 N–H and O–H groups in total. The molecule has 0 unspecified atom stereocenters. The lowest BCUT2D eigenvalue weighted by Gasteiger charge is -2.06. The zero-order valence-corrected chi connectivity index (χ0v) is 9.45. The van der Waals surface area contributed by atoms with Crippen LogP contribution in [0.1, 0.15) is 12.6 Å². The third-order valence-electron chi connectivity index (χ3n) is 2.11. The number of anilines is 2. The largest absolute Gasteiger partial charge is 0.494 e. The predicted molar refractivity (Wildman–Crippen MR) is 64.2 cm³/mol. The van der Waals surface area contributed by atoms with Gasteiger partial charge in [0.15, 0.2) is 0 Å². The molecule has 2 rings (SSSR count). The molecule has 0 saturated heterocycles. The Balaban J connectivity index is 2.12. The van der Waals surface area contributed by atoms with Crippen molar-refractivity contribution in [3.63, 3.8) is 0 Å². The number of aryl methyl sites for hydroxylation is 1. The number of H-pyrrole nitrogens is 1. The van der Waals surface area contributed by atoms with Gasteiger partial charge in [0.1, 0.15) is 5.75 Å². The fourth-order valence-corrected chi connectivity index (χ4v) is 1.44. The van der Waals surface area contributed by atoms with Crippen LogP contribution in [0.4, 0.5) is 11.6 Å². The van der Waals surface area contributed by atoms with Gasteiger partial charge in [-0.2, -0.15) is 0 Å². The summed E-state index contributed by atoms with van der Waals surface area (Å²) in [7, 11) is 0. The van der Waals surface area contributed by atoms with Crippen LogP contribution in [0.15, 0.2) is 30.5 Å². The van der Waals surface area contributed by atoms with Crippen LogP contribution in [-0.2, 0) is 0 Å². The molecule has 1 aromatic carbocycles. The summed E-state index contributed by atoms with van der Waals surface area (Å²) in [4.78, 5) is 7.29. The van der Waals surface area contributed by atoms with Crippen molar-refractivity contribution < 1.29 is 4.74 Å². The maximum absolute atomic E-state index is 5.42. The zero-order valence-electron chi connectivity index (χ0n) is 9.45. The van der Waals surface area contributed by atoms with Crippen molar-refractivity contribution in [2.75, 3.05) is 11.9 Å². The Labute approximate surface area is 94.7 Å². The lowest BCUT2D eigenvalue weighted by molar-refractivity contribution is 0.340. The maximum Gasteiger partial charge on any atom is 0.204 e. The van der Waals surface area contributed by atoms with Gasteiger partial charge in [-0.25, -0.2) is 4.98 Å². The van der Waals surface area contributed by atoms with Gasteiger partial charge in [-0.15, -0.1) is 0 Å². The summed E-state index contributed by atoms with van der Waals surface area (Å²) in [6.07, 6.45) is 1.79. The van der Waals surface area contributed by atoms with Crippen molar-refractivity contribution in [2.24, 2.45) is 0 Å². The highest BCUT2D eigenvalue weighted by Crippen LogP contribution is 2.19. The van der Waals surface area contributed by atoms with Crippen molar-refractivity contribution in [1.29, 1.82) is 0 Å². The Hall–Kier alpha value is -1.97. The molecular formula is C12H15N3O. The van der Waals surface area contributed by atoms with E-state index in [-0.39, 0.29) is 0 Å². The Kier molecular flexibility index (Phi) is 3.10. The van der Waals surface area contributed by atoms with E-state index in [9.17, 15) is 0 Å². The summed E-state index contributed by atoms with van der Waals surface area (Å²) in [5.74, 6) is 1.60. The van der Waals surface area contributed by atoms with E-state index in [1.165, 1.54) is 0 Å². The topological polar surface area (TPSA) is 49.9 Å². The number of benzene rings is 1. The van der Waals surface area contributed by atoms with Gasteiger partial charge in [-0.1, -0.05) is 6.07 Å². The van der Waals surface area contributed by atoms with E-state index in [0.717, 1.165) is 23.1 Å². The number of aromatic nitrogens is 2. The minimum absolute atomic E-state index is 0.670. The molecule has 1 heterocycles. The maximum atomic E-state index is 5.42. The van der Waals surface area contributed by atoms with Gasteiger partial charge < -0.3 is 15.0 Å². The van der Waals surface area contributed by atoms with E-state index in [4.69, 9.17) is 4.74 Å². The lowest BCUT2D eigenvalue weighted by Crippen LogP contribution is -1.95. The summed E-state index contributed by atoms with van der Waals surface area (Å²) >= 11 is 0. The van der Waals surface area contributed by atoms with Gasteiger partial charge in [0.05, 0.1) is 6.61 Å². The Morgan fingerprint density at radius 2 is 2.31 bits per heavy atom. The van der Waals surface area contributed by atoms with E-state index in [1.54, 1.807) is 6.20 Å². The molecule has 84 valence electrons. The number of hydrogen-bond acceptors (Lipinski definition) is 3. The molecular weight excluding hydrogens is 202 g/mol. The number of aromatic amines is 1. The monoisotopic (exact) mass is 217 g/mol. The molecule has 0 amide bonds. The van der Waals surface area contributed by atoms with Crippen LogP contribution < -0.4 is 10.1 Å². The molecule has 1 aromatic heterocycles. The first kappa shape index (κ1) is 10.5. The summed E-state index contributed by atoms with van der Waals surface area (Å²) in [6.45, 7) is 4.61. The summed E-state index contributed by atoms with van der Waals surface area (Å²) in [6, 6.07) is 7.80. The smallest absolute Gasteiger partial charge is 0.204 e. The number of imidazole rings is 1. The summed E-state index contributed by atoms with van der Waals surface area (Å²) < 4.78 is 5.42. The van der Waals surface area contributed by atoms with Crippen molar-refractivity contribution in [1.82, 2.24) is 9.97 Å². The van der Waals surface area contributed by atoms with Crippen LogP contribution in [0.2, 0.25) is 0 Å². The number of hydrogen-bond donors (Lipinski definition) is 2. The molecule has 4 nitrogen and oxygen atoms in total. The quantitative estimate of drug-likeness (QED) is 0.827. The van der Waals surface area contributed by atoms with Gasteiger partial charge >= 0.3 is 0 Å². The van der Waals surface area contributed by atoms with Gasteiger partial charge in [0.2, 0.25) is 5.95 Å². The number of rotatable bonds is 4. The minimum atomic E-state index is 0.670. The summed E-state index contributed by atoms with van der Waals surface area (Å²) in [5.41, 5.74) is 1.99. The molecule has 0 fully saturated rings. The standard InChI is InChI=1S/C12H15N3O/c1-3-16-11-6-4-5-10(7-11)15-12-13-8-9(2)14-12/h4-8H,3H2,1-2H3,(H2,13,14,15). The SMILES string of the molecule is CCOc1cccc(Nc2ncc(C)[nH]2)c1. The van der Waals surface area contributed by atoms with E-state index in [2.05, 4.69) is 15.3 Å². The van der Waals surface area contributed by atoms with E-state index >= 15 is 0 Å².